The van der Waals surface area contributed by atoms with Crippen LogP contribution >= 0.6 is 11.6 Å². The van der Waals surface area contributed by atoms with Crippen LogP contribution in [-0.2, 0) is 14.6 Å². The maximum atomic E-state index is 12.3. The van der Waals surface area contributed by atoms with Crippen molar-refractivity contribution in [1.29, 1.82) is 5.26 Å². The van der Waals surface area contributed by atoms with Gasteiger partial charge in [0.25, 0.3) is 5.91 Å². The fourth-order valence-corrected chi connectivity index (χ4v) is 4.42. The molecule has 0 saturated carbocycles. The molecule has 1 N–H and O–H groups in total. The summed E-state index contributed by atoms with van der Waals surface area (Å²) in [5.41, 5.74) is 1.25. The summed E-state index contributed by atoms with van der Waals surface area (Å²) < 4.78 is 23.1. The molecular weight excluding hydrogens is 350 g/mol. The van der Waals surface area contributed by atoms with Crippen LogP contribution in [0.1, 0.15) is 12.0 Å². The van der Waals surface area contributed by atoms with Crippen LogP contribution in [0.2, 0.25) is 5.02 Å². The van der Waals surface area contributed by atoms with Gasteiger partial charge in [-0.3, -0.25) is 4.79 Å². The largest absolute Gasteiger partial charge is 0.375 e. The van der Waals surface area contributed by atoms with Gasteiger partial charge in [0.05, 0.1) is 11.5 Å². The van der Waals surface area contributed by atoms with Crippen molar-refractivity contribution in [2.75, 3.05) is 23.9 Å². The SMILES string of the molecule is Cc1ccc(Cl)cc1NC(=O)/C(C#N)=C\N(C)C1CCS(=O)(=O)C1. The molecule has 0 aromatic heterocycles. The zero-order valence-corrected chi connectivity index (χ0v) is 15.0. The summed E-state index contributed by atoms with van der Waals surface area (Å²) in [6.07, 6.45) is 1.88. The summed E-state index contributed by atoms with van der Waals surface area (Å²) in [6.45, 7) is 1.82. The molecule has 1 aliphatic rings. The fourth-order valence-electron chi connectivity index (χ4n) is 2.46. The number of aryl methyl sites for hydroxylation is 1. The Morgan fingerprint density at radius 1 is 1.50 bits per heavy atom. The van der Waals surface area contributed by atoms with Crippen LogP contribution in [0, 0.1) is 18.3 Å². The summed E-state index contributed by atoms with van der Waals surface area (Å²) in [5.74, 6) is -0.394. The van der Waals surface area contributed by atoms with E-state index in [-0.39, 0.29) is 23.1 Å². The predicted molar refractivity (Wildman–Crippen MR) is 93.3 cm³/mol. The number of sulfone groups is 1. The molecule has 2 rings (SSSR count). The number of amides is 1. The first kappa shape index (κ1) is 18.3. The normalized spacial score (nSPS) is 19.6. The number of benzene rings is 1. The van der Waals surface area contributed by atoms with E-state index in [1.807, 2.05) is 13.0 Å². The third-order valence-corrected chi connectivity index (χ3v) is 5.92. The molecule has 1 heterocycles. The maximum Gasteiger partial charge on any atom is 0.267 e. The second-order valence-electron chi connectivity index (χ2n) is 5.79. The maximum absolute atomic E-state index is 12.3. The van der Waals surface area contributed by atoms with Crippen LogP contribution in [0.5, 0.6) is 0 Å². The van der Waals surface area contributed by atoms with Gasteiger partial charge in [-0.15, -0.1) is 0 Å². The molecule has 8 heteroatoms. The van der Waals surface area contributed by atoms with Gasteiger partial charge < -0.3 is 10.2 Å². The van der Waals surface area contributed by atoms with Crippen molar-refractivity contribution in [2.24, 2.45) is 0 Å². The highest BCUT2D eigenvalue weighted by molar-refractivity contribution is 7.91. The van der Waals surface area contributed by atoms with E-state index in [2.05, 4.69) is 5.32 Å². The Labute approximate surface area is 146 Å². The minimum atomic E-state index is -3.03. The highest BCUT2D eigenvalue weighted by Gasteiger charge is 2.30. The smallest absolute Gasteiger partial charge is 0.267 e. The molecule has 128 valence electrons. The van der Waals surface area contributed by atoms with Crippen molar-refractivity contribution >= 4 is 33.0 Å². The molecule has 1 aromatic rings. The van der Waals surface area contributed by atoms with Gasteiger partial charge in [0.15, 0.2) is 9.84 Å². The van der Waals surface area contributed by atoms with Crippen LogP contribution < -0.4 is 5.32 Å². The second-order valence-corrected chi connectivity index (χ2v) is 8.46. The van der Waals surface area contributed by atoms with Crippen LogP contribution in [0.4, 0.5) is 5.69 Å². The number of anilines is 1. The fraction of sp³-hybridized carbons (Fsp3) is 0.375. The second kappa shape index (κ2) is 7.24. The van der Waals surface area contributed by atoms with E-state index in [1.165, 1.54) is 6.20 Å². The number of carbonyl (C=O) groups excluding carboxylic acids is 1. The number of halogens is 1. The van der Waals surface area contributed by atoms with Crippen molar-refractivity contribution in [1.82, 2.24) is 4.90 Å². The Bertz CT molecular complexity index is 827. The molecule has 1 aromatic carbocycles. The van der Waals surface area contributed by atoms with Gasteiger partial charge in [0, 0.05) is 30.0 Å². The molecule has 6 nitrogen and oxygen atoms in total. The van der Waals surface area contributed by atoms with E-state index in [4.69, 9.17) is 11.6 Å². The van der Waals surface area contributed by atoms with Gasteiger partial charge >= 0.3 is 0 Å². The van der Waals surface area contributed by atoms with Crippen molar-refractivity contribution in [3.05, 3.63) is 40.6 Å². The molecule has 0 bridgehead atoms. The van der Waals surface area contributed by atoms with Crippen LogP contribution in [-0.4, -0.2) is 43.8 Å². The molecule has 1 atom stereocenters. The van der Waals surface area contributed by atoms with Crippen LogP contribution in [0.25, 0.3) is 0 Å². The lowest BCUT2D eigenvalue weighted by Crippen LogP contribution is -2.29. The number of nitrogens with zero attached hydrogens (tertiary/aromatic N) is 2. The van der Waals surface area contributed by atoms with Gasteiger partial charge in [-0.05, 0) is 31.0 Å². The molecule has 24 heavy (non-hydrogen) atoms. The number of carbonyl (C=O) groups is 1. The zero-order chi connectivity index (χ0) is 17.9. The van der Waals surface area contributed by atoms with Gasteiger partial charge in [-0.1, -0.05) is 17.7 Å². The Balaban J connectivity index is 2.14. The van der Waals surface area contributed by atoms with E-state index in [0.717, 1.165) is 5.56 Å². The molecular formula is C16H18ClN3O3S. The molecule has 1 unspecified atom stereocenters. The quantitative estimate of drug-likeness (QED) is 0.650. The number of rotatable bonds is 4. The van der Waals surface area contributed by atoms with E-state index < -0.39 is 15.7 Å². The summed E-state index contributed by atoms with van der Waals surface area (Å²) in [7, 11) is -1.36. The lowest BCUT2D eigenvalue weighted by Gasteiger charge is -2.21. The van der Waals surface area contributed by atoms with Crippen LogP contribution in [0.15, 0.2) is 30.0 Å². The molecule has 0 spiro atoms. The Hall–Kier alpha value is -2.04. The lowest BCUT2D eigenvalue weighted by molar-refractivity contribution is -0.112. The van der Waals surface area contributed by atoms with Gasteiger partial charge in [-0.25, -0.2) is 8.42 Å². The Morgan fingerprint density at radius 2 is 2.21 bits per heavy atom. The average Bonchev–Trinajstić information content (AvgIpc) is 2.88. The van der Waals surface area contributed by atoms with Gasteiger partial charge in [0.2, 0.25) is 0 Å². The summed E-state index contributed by atoms with van der Waals surface area (Å²) >= 11 is 5.91. The average molecular weight is 368 g/mol. The lowest BCUT2D eigenvalue weighted by atomic mass is 10.2. The monoisotopic (exact) mass is 367 g/mol. The van der Waals surface area contributed by atoms with Crippen molar-refractivity contribution in [3.8, 4) is 6.07 Å². The van der Waals surface area contributed by atoms with E-state index in [0.29, 0.717) is 17.1 Å². The van der Waals surface area contributed by atoms with Crippen molar-refractivity contribution in [3.63, 3.8) is 0 Å². The van der Waals surface area contributed by atoms with E-state index in [9.17, 15) is 18.5 Å². The third-order valence-electron chi connectivity index (χ3n) is 3.93. The topological polar surface area (TPSA) is 90.3 Å². The molecule has 1 amide bonds. The Kier molecular flexibility index (Phi) is 5.52. The first-order valence-corrected chi connectivity index (χ1v) is 9.53. The first-order chi connectivity index (χ1) is 11.2. The molecule has 0 aliphatic carbocycles. The highest BCUT2D eigenvalue weighted by Crippen LogP contribution is 2.21. The highest BCUT2D eigenvalue weighted by atomic mass is 35.5. The number of nitrogens with one attached hydrogen (secondary N) is 1. The number of hydrogen-bond donors (Lipinski definition) is 1. The van der Waals surface area contributed by atoms with E-state index >= 15 is 0 Å². The summed E-state index contributed by atoms with van der Waals surface area (Å²) in [4.78, 5) is 13.9. The summed E-state index contributed by atoms with van der Waals surface area (Å²) in [6, 6.07) is 6.72. The minimum Gasteiger partial charge on any atom is -0.375 e. The van der Waals surface area contributed by atoms with Gasteiger partial charge in [-0.2, -0.15) is 5.26 Å². The standard InChI is InChI=1S/C16H18ClN3O3S/c1-11-3-4-13(17)7-15(11)19-16(21)12(8-18)9-20(2)14-5-6-24(22,23)10-14/h3-4,7,9,14H,5-6,10H2,1-2H3,(H,19,21)/b12-9-. The van der Waals surface area contributed by atoms with Crippen LogP contribution in [0.3, 0.4) is 0 Å². The molecule has 1 aliphatic heterocycles. The Morgan fingerprint density at radius 3 is 2.79 bits per heavy atom. The third kappa shape index (κ3) is 4.49. The number of nitriles is 1. The minimum absolute atomic E-state index is 0.0354. The first-order valence-electron chi connectivity index (χ1n) is 7.33. The van der Waals surface area contributed by atoms with Crippen molar-refractivity contribution < 1.29 is 13.2 Å². The van der Waals surface area contributed by atoms with Crippen molar-refractivity contribution in [2.45, 2.75) is 19.4 Å². The molecule has 0 radical (unpaired) electrons. The number of hydrogen-bond acceptors (Lipinski definition) is 5. The summed E-state index contributed by atoms with van der Waals surface area (Å²) in [5, 5.41) is 12.4. The molecule has 1 fully saturated rings. The zero-order valence-electron chi connectivity index (χ0n) is 13.4. The van der Waals surface area contributed by atoms with Gasteiger partial charge in [0.1, 0.15) is 11.6 Å². The predicted octanol–water partition coefficient (Wildman–Crippen LogP) is 2.11. The van der Waals surface area contributed by atoms with E-state index in [1.54, 1.807) is 30.1 Å². The molecule has 1 saturated heterocycles.